The Morgan fingerprint density at radius 1 is 1.05 bits per heavy atom. The molecule has 200 valence electrons. The predicted molar refractivity (Wildman–Crippen MR) is 152 cm³/mol. The number of aliphatic hydroxyl groups is 1. The molecule has 1 aliphatic carbocycles. The number of benzene rings is 3. The lowest BCUT2D eigenvalue weighted by Crippen LogP contribution is -2.28. The standard InChI is InChI=1S/C30H33N3O4.ClH/c31-30-22(16-24(34)18-36-25-7-2-1-3-8-25)6-4-5-20-9-11-26(17-27(20)30)37-19-29(35)33-23-10-12-28-21(15-23)13-14-32-28;/h1-3,7-15,17,22,24,30,32,34H,4-6,16,18-19,31H2,(H,33,35);1H/t22?,24-,30?;/m0./s1. The zero-order chi connectivity index (χ0) is 25.6. The molecule has 0 fully saturated rings. The van der Waals surface area contributed by atoms with Crippen molar-refractivity contribution in [3.63, 3.8) is 0 Å². The lowest BCUT2D eigenvalue weighted by Gasteiger charge is -2.25. The Hall–Kier alpha value is -3.52. The maximum absolute atomic E-state index is 12.5. The molecular formula is C30H34ClN3O4. The molecular weight excluding hydrogens is 502 g/mol. The summed E-state index contributed by atoms with van der Waals surface area (Å²) in [6, 6.07) is 22.8. The number of nitrogens with one attached hydrogen (secondary N) is 2. The molecule has 7 nitrogen and oxygen atoms in total. The molecule has 3 aromatic carbocycles. The fraction of sp³-hybridized carbons (Fsp3) is 0.300. The summed E-state index contributed by atoms with van der Waals surface area (Å²) in [6.07, 6.45) is 4.69. The van der Waals surface area contributed by atoms with Crippen LogP contribution < -0.4 is 20.5 Å². The Labute approximate surface area is 228 Å². The van der Waals surface area contributed by atoms with Crippen molar-refractivity contribution in [1.29, 1.82) is 0 Å². The largest absolute Gasteiger partial charge is 0.491 e. The zero-order valence-corrected chi connectivity index (χ0v) is 22.0. The first-order chi connectivity index (χ1) is 18.0. The summed E-state index contributed by atoms with van der Waals surface area (Å²) in [7, 11) is 0. The van der Waals surface area contributed by atoms with Gasteiger partial charge in [-0.1, -0.05) is 24.3 Å². The minimum Gasteiger partial charge on any atom is -0.491 e. The summed E-state index contributed by atoms with van der Waals surface area (Å²) in [5.74, 6) is 1.25. The second-order valence-electron chi connectivity index (χ2n) is 9.67. The van der Waals surface area contributed by atoms with Crippen LogP contribution >= 0.6 is 12.4 Å². The van der Waals surface area contributed by atoms with Crippen molar-refractivity contribution in [3.05, 3.63) is 90.1 Å². The number of H-pyrrole nitrogens is 1. The average molecular weight is 536 g/mol. The van der Waals surface area contributed by atoms with Crippen molar-refractivity contribution in [2.24, 2.45) is 11.7 Å². The number of aromatic amines is 1. The minimum atomic E-state index is -0.605. The normalized spacial score (nSPS) is 17.5. The molecule has 5 N–H and O–H groups in total. The molecule has 0 radical (unpaired) electrons. The van der Waals surface area contributed by atoms with Gasteiger partial charge in [0.2, 0.25) is 0 Å². The van der Waals surface area contributed by atoms with Crippen molar-refractivity contribution in [2.75, 3.05) is 18.5 Å². The number of rotatable bonds is 9. The predicted octanol–water partition coefficient (Wildman–Crippen LogP) is 5.39. The van der Waals surface area contributed by atoms with E-state index in [4.69, 9.17) is 15.2 Å². The number of amides is 1. The molecule has 1 amide bonds. The van der Waals surface area contributed by atoms with Crippen LogP contribution in [-0.4, -0.2) is 35.3 Å². The quantitative estimate of drug-likeness (QED) is 0.215. The number of nitrogens with two attached hydrogens (primary N) is 1. The summed E-state index contributed by atoms with van der Waals surface area (Å²) in [5, 5.41) is 14.6. The summed E-state index contributed by atoms with van der Waals surface area (Å²) in [6.45, 7) is 0.132. The third kappa shape index (κ3) is 6.86. The topological polar surface area (TPSA) is 110 Å². The van der Waals surface area contributed by atoms with Crippen LogP contribution in [-0.2, 0) is 11.2 Å². The smallest absolute Gasteiger partial charge is 0.262 e. The molecule has 1 heterocycles. The third-order valence-electron chi connectivity index (χ3n) is 6.97. The Morgan fingerprint density at radius 2 is 1.89 bits per heavy atom. The van der Waals surface area contributed by atoms with Gasteiger partial charge in [0.25, 0.3) is 5.91 Å². The number of anilines is 1. The number of carbonyl (C=O) groups excluding carboxylic acids is 1. The number of para-hydroxylation sites is 1. The fourth-order valence-corrected chi connectivity index (χ4v) is 5.06. The average Bonchev–Trinajstić information content (AvgIpc) is 3.33. The van der Waals surface area contributed by atoms with Gasteiger partial charge in [-0.15, -0.1) is 12.4 Å². The van der Waals surface area contributed by atoms with Gasteiger partial charge in [-0.3, -0.25) is 4.79 Å². The van der Waals surface area contributed by atoms with Gasteiger partial charge >= 0.3 is 0 Å². The van der Waals surface area contributed by atoms with E-state index in [1.807, 2.05) is 79.0 Å². The first-order valence-electron chi connectivity index (χ1n) is 12.8. The molecule has 1 aromatic heterocycles. The number of aliphatic hydroxyl groups excluding tert-OH is 1. The first kappa shape index (κ1) is 27.5. The summed E-state index contributed by atoms with van der Waals surface area (Å²) in [5.41, 5.74) is 10.7. The van der Waals surface area contributed by atoms with Crippen LogP contribution in [0, 0.1) is 5.92 Å². The monoisotopic (exact) mass is 535 g/mol. The molecule has 4 aromatic rings. The maximum Gasteiger partial charge on any atom is 0.262 e. The number of ether oxygens (including phenoxy) is 2. The minimum absolute atomic E-state index is 0. The molecule has 8 heteroatoms. The highest BCUT2D eigenvalue weighted by Gasteiger charge is 2.27. The molecule has 3 atom stereocenters. The van der Waals surface area contributed by atoms with Crippen molar-refractivity contribution in [1.82, 2.24) is 4.98 Å². The molecule has 0 bridgehead atoms. The lowest BCUT2D eigenvalue weighted by molar-refractivity contribution is -0.118. The van der Waals surface area contributed by atoms with E-state index in [0.717, 1.165) is 47.2 Å². The van der Waals surface area contributed by atoms with Crippen LogP contribution in [0.2, 0.25) is 0 Å². The molecule has 2 unspecified atom stereocenters. The van der Waals surface area contributed by atoms with Gasteiger partial charge in [0, 0.05) is 28.8 Å². The number of fused-ring (bicyclic) bond motifs is 2. The van der Waals surface area contributed by atoms with E-state index < -0.39 is 6.10 Å². The lowest BCUT2D eigenvalue weighted by atomic mass is 9.87. The summed E-state index contributed by atoms with van der Waals surface area (Å²) >= 11 is 0. The molecule has 1 aliphatic rings. The van der Waals surface area contributed by atoms with Gasteiger partial charge in [0.15, 0.2) is 6.61 Å². The van der Waals surface area contributed by atoms with Gasteiger partial charge in [0.1, 0.15) is 18.1 Å². The zero-order valence-electron chi connectivity index (χ0n) is 21.1. The first-order valence-corrected chi connectivity index (χ1v) is 12.8. The van der Waals surface area contributed by atoms with Crippen LogP contribution in [0.3, 0.4) is 0 Å². The van der Waals surface area contributed by atoms with Crippen LogP contribution in [0.4, 0.5) is 5.69 Å². The second-order valence-corrected chi connectivity index (χ2v) is 9.67. The van der Waals surface area contributed by atoms with E-state index >= 15 is 0 Å². The second kappa shape index (κ2) is 12.8. The van der Waals surface area contributed by atoms with E-state index in [-0.39, 0.29) is 43.5 Å². The SMILES string of the molecule is Cl.NC1c2cc(OCC(=O)Nc3ccc4[nH]ccc4c3)ccc2CCCC1C[C@H](O)COc1ccccc1. The molecule has 5 rings (SSSR count). The van der Waals surface area contributed by atoms with Crippen LogP contribution in [0.15, 0.2) is 79.0 Å². The van der Waals surface area contributed by atoms with Crippen molar-refractivity contribution in [2.45, 2.75) is 37.8 Å². The molecule has 0 saturated carbocycles. The Bertz CT molecular complexity index is 1340. The Morgan fingerprint density at radius 3 is 2.74 bits per heavy atom. The van der Waals surface area contributed by atoms with Crippen LogP contribution in [0.1, 0.15) is 36.4 Å². The van der Waals surface area contributed by atoms with E-state index in [2.05, 4.69) is 10.3 Å². The number of aryl methyl sites for hydroxylation is 1. The molecule has 0 spiro atoms. The van der Waals surface area contributed by atoms with Gasteiger partial charge < -0.3 is 30.6 Å². The number of hydrogen-bond acceptors (Lipinski definition) is 5. The van der Waals surface area contributed by atoms with Crippen molar-refractivity contribution in [3.8, 4) is 11.5 Å². The fourth-order valence-electron chi connectivity index (χ4n) is 5.06. The molecule has 38 heavy (non-hydrogen) atoms. The maximum atomic E-state index is 12.5. The molecule has 0 aliphatic heterocycles. The van der Waals surface area contributed by atoms with E-state index in [1.54, 1.807) is 0 Å². The number of hydrogen-bond donors (Lipinski definition) is 4. The van der Waals surface area contributed by atoms with E-state index in [0.29, 0.717) is 12.2 Å². The Kier molecular flexibility index (Phi) is 9.29. The van der Waals surface area contributed by atoms with Crippen molar-refractivity contribution < 1.29 is 19.4 Å². The van der Waals surface area contributed by atoms with Gasteiger partial charge in [0.05, 0.1) is 6.10 Å². The molecule has 0 saturated heterocycles. The number of carbonyl (C=O) groups is 1. The summed E-state index contributed by atoms with van der Waals surface area (Å²) < 4.78 is 11.6. The summed E-state index contributed by atoms with van der Waals surface area (Å²) in [4.78, 5) is 15.6. The Balaban J connectivity index is 0.00000336. The van der Waals surface area contributed by atoms with Gasteiger partial charge in [-0.2, -0.15) is 0 Å². The number of aromatic nitrogens is 1. The number of halogens is 1. The van der Waals surface area contributed by atoms with Gasteiger partial charge in [-0.05, 0) is 91.3 Å². The van der Waals surface area contributed by atoms with Gasteiger partial charge in [-0.25, -0.2) is 0 Å². The van der Waals surface area contributed by atoms with Crippen LogP contribution in [0.5, 0.6) is 11.5 Å². The van der Waals surface area contributed by atoms with E-state index in [9.17, 15) is 9.90 Å². The highest BCUT2D eigenvalue weighted by atomic mass is 35.5. The van der Waals surface area contributed by atoms with Crippen molar-refractivity contribution >= 4 is 34.9 Å². The van der Waals surface area contributed by atoms with Crippen LogP contribution in [0.25, 0.3) is 10.9 Å². The highest BCUT2D eigenvalue weighted by Crippen LogP contribution is 2.36. The third-order valence-corrected chi connectivity index (χ3v) is 6.97. The van der Waals surface area contributed by atoms with E-state index in [1.165, 1.54) is 5.56 Å². The highest BCUT2D eigenvalue weighted by molar-refractivity contribution is 5.94.